The summed E-state index contributed by atoms with van der Waals surface area (Å²) in [5, 5.41) is 5.65. The zero-order valence-electron chi connectivity index (χ0n) is 21.8. The van der Waals surface area contributed by atoms with Gasteiger partial charge < -0.3 is 10.6 Å². The average Bonchev–Trinajstić information content (AvgIpc) is 2.89. The van der Waals surface area contributed by atoms with E-state index in [9.17, 15) is 9.59 Å². The van der Waals surface area contributed by atoms with E-state index in [1.54, 1.807) is 18.5 Å². The molecule has 0 atom stereocenters. The maximum atomic E-state index is 11.9. The Morgan fingerprint density at radius 1 is 0.778 bits per heavy atom. The molecule has 2 N–H and O–H groups in total. The van der Waals surface area contributed by atoms with E-state index in [0.29, 0.717) is 25.9 Å². The summed E-state index contributed by atoms with van der Waals surface area (Å²) in [4.78, 5) is 27.7. The Bertz CT molecular complexity index is 880. The fourth-order valence-electron chi connectivity index (χ4n) is 3.09. The number of aromatic nitrogens is 1. The summed E-state index contributed by atoms with van der Waals surface area (Å²) in [5.41, 5.74) is 0.960. The molecule has 5 heteroatoms. The fraction of sp³-hybridized carbons (Fsp3) is 0.387. The number of rotatable bonds is 19. The second kappa shape index (κ2) is 23.3. The van der Waals surface area contributed by atoms with E-state index >= 15 is 0 Å². The number of carbonyl (C=O) groups excluding carboxylic acids is 2. The van der Waals surface area contributed by atoms with E-state index in [1.165, 1.54) is 0 Å². The minimum absolute atomic E-state index is 0.0214. The van der Waals surface area contributed by atoms with Crippen LogP contribution >= 0.6 is 0 Å². The normalized spacial score (nSPS) is 12.2. The Balaban J connectivity index is 1.94. The number of carbonyl (C=O) groups is 2. The van der Waals surface area contributed by atoms with Gasteiger partial charge in [0.05, 0.1) is 0 Å². The number of nitrogens with one attached hydrogen (secondary N) is 2. The number of pyridine rings is 1. The van der Waals surface area contributed by atoms with Crippen molar-refractivity contribution in [3.63, 3.8) is 0 Å². The minimum atomic E-state index is -0.0669. The van der Waals surface area contributed by atoms with Gasteiger partial charge in [-0.2, -0.15) is 0 Å². The maximum absolute atomic E-state index is 11.9. The summed E-state index contributed by atoms with van der Waals surface area (Å²) >= 11 is 0. The number of unbranched alkanes of at least 4 members (excludes halogenated alkanes) is 1. The van der Waals surface area contributed by atoms with Crippen molar-refractivity contribution in [2.24, 2.45) is 0 Å². The van der Waals surface area contributed by atoms with E-state index in [1.807, 2.05) is 18.2 Å². The Morgan fingerprint density at radius 2 is 1.36 bits per heavy atom. The topological polar surface area (TPSA) is 71.1 Å². The summed E-state index contributed by atoms with van der Waals surface area (Å²) in [6.07, 6.45) is 36.4. The fourth-order valence-corrected chi connectivity index (χ4v) is 3.09. The summed E-state index contributed by atoms with van der Waals surface area (Å²) < 4.78 is 0. The molecule has 0 aliphatic heterocycles. The van der Waals surface area contributed by atoms with Crippen molar-refractivity contribution in [2.75, 3.05) is 13.1 Å². The monoisotopic (exact) mass is 489 g/mol. The van der Waals surface area contributed by atoms with Crippen LogP contribution in [0.25, 0.3) is 6.08 Å². The SMILES string of the molecule is CCC=CCC=CCC=CCC=CCC=CCCCC(=O)NCCNC(=O)CC=Cc1cccnc1. The van der Waals surface area contributed by atoms with Crippen LogP contribution in [0.2, 0.25) is 0 Å². The Labute approximate surface area is 217 Å². The van der Waals surface area contributed by atoms with Crippen LogP contribution < -0.4 is 10.6 Å². The van der Waals surface area contributed by atoms with E-state index in [4.69, 9.17) is 0 Å². The standard InChI is InChI=1S/C31H43N3O2/c1-2-3-4-5-6-7-8-9-10-11-12-13-14-15-16-17-18-23-30(35)33-26-27-34-31(36)24-19-21-29-22-20-25-32-28-29/h3-4,6-7,9-10,12-13,15-16,19-22,25,28H,2,5,8,11,14,17-18,23-24,26-27H2,1H3,(H,33,35)(H,34,36). The van der Waals surface area contributed by atoms with Crippen molar-refractivity contribution in [3.05, 3.63) is 96.9 Å². The predicted molar refractivity (Wildman–Crippen MR) is 152 cm³/mol. The van der Waals surface area contributed by atoms with Crippen molar-refractivity contribution in [2.45, 2.75) is 64.7 Å². The molecular formula is C31H43N3O2. The van der Waals surface area contributed by atoms with E-state index in [2.05, 4.69) is 83.3 Å². The molecule has 5 nitrogen and oxygen atoms in total. The van der Waals surface area contributed by atoms with Gasteiger partial charge in [0.15, 0.2) is 0 Å². The molecule has 0 saturated heterocycles. The molecule has 0 bridgehead atoms. The van der Waals surface area contributed by atoms with E-state index < -0.39 is 0 Å². The average molecular weight is 490 g/mol. The molecule has 194 valence electrons. The lowest BCUT2D eigenvalue weighted by atomic mass is 10.2. The summed E-state index contributed by atoms with van der Waals surface area (Å²) in [7, 11) is 0. The van der Waals surface area contributed by atoms with Gasteiger partial charge in [0.2, 0.25) is 11.8 Å². The van der Waals surface area contributed by atoms with Crippen LogP contribution in [-0.2, 0) is 9.59 Å². The molecule has 1 heterocycles. The smallest absolute Gasteiger partial charge is 0.223 e. The molecule has 1 aromatic heterocycles. The van der Waals surface area contributed by atoms with Crippen molar-refractivity contribution in [1.29, 1.82) is 0 Å². The third-order valence-electron chi connectivity index (χ3n) is 5.00. The Kier molecular flexibility index (Phi) is 19.8. The predicted octanol–water partition coefficient (Wildman–Crippen LogP) is 6.64. The number of allylic oxidation sites excluding steroid dienone is 10. The van der Waals surface area contributed by atoms with Crippen molar-refractivity contribution >= 4 is 17.9 Å². The quantitative estimate of drug-likeness (QED) is 0.169. The van der Waals surface area contributed by atoms with Gasteiger partial charge in [-0.05, 0) is 56.6 Å². The number of amides is 2. The highest BCUT2D eigenvalue weighted by molar-refractivity contribution is 5.78. The van der Waals surface area contributed by atoms with Crippen molar-refractivity contribution in [1.82, 2.24) is 15.6 Å². The molecule has 2 amide bonds. The van der Waals surface area contributed by atoms with Crippen LogP contribution in [0.5, 0.6) is 0 Å². The summed E-state index contributed by atoms with van der Waals surface area (Å²) in [6.45, 7) is 3.02. The minimum Gasteiger partial charge on any atom is -0.354 e. The highest BCUT2D eigenvalue weighted by Crippen LogP contribution is 2.00. The summed E-state index contributed by atoms with van der Waals surface area (Å²) in [6, 6.07) is 3.78. The lowest BCUT2D eigenvalue weighted by Gasteiger charge is -2.06. The van der Waals surface area contributed by atoms with Gasteiger partial charge in [0.25, 0.3) is 0 Å². The van der Waals surface area contributed by atoms with Crippen molar-refractivity contribution < 1.29 is 9.59 Å². The van der Waals surface area contributed by atoms with Gasteiger partial charge >= 0.3 is 0 Å². The van der Waals surface area contributed by atoms with E-state index in [0.717, 1.165) is 50.5 Å². The molecule has 1 rings (SSSR count). The van der Waals surface area contributed by atoms with Crippen LogP contribution in [0.1, 0.15) is 70.3 Å². The molecule has 0 fully saturated rings. The first-order valence-corrected chi connectivity index (χ1v) is 13.1. The third kappa shape index (κ3) is 20.0. The number of hydrogen-bond acceptors (Lipinski definition) is 3. The zero-order chi connectivity index (χ0) is 25.9. The first-order valence-electron chi connectivity index (χ1n) is 13.1. The van der Waals surface area contributed by atoms with E-state index in [-0.39, 0.29) is 11.8 Å². The first kappa shape index (κ1) is 30.6. The second-order valence-electron chi connectivity index (χ2n) is 8.19. The van der Waals surface area contributed by atoms with Gasteiger partial charge in [0.1, 0.15) is 0 Å². The molecule has 36 heavy (non-hydrogen) atoms. The third-order valence-corrected chi connectivity index (χ3v) is 5.00. The highest BCUT2D eigenvalue weighted by Gasteiger charge is 2.01. The molecule has 0 unspecified atom stereocenters. The molecule has 0 saturated carbocycles. The van der Waals surface area contributed by atoms with Gasteiger partial charge in [-0.3, -0.25) is 14.6 Å². The molecule has 0 radical (unpaired) electrons. The van der Waals surface area contributed by atoms with Gasteiger partial charge in [-0.15, -0.1) is 0 Å². The second-order valence-corrected chi connectivity index (χ2v) is 8.19. The van der Waals surface area contributed by atoms with Crippen LogP contribution in [-0.4, -0.2) is 29.9 Å². The lowest BCUT2D eigenvalue weighted by Crippen LogP contribution is -2.34. The molecule has 0 aliphatic rings. The van der Waals surface area contributed by atoms with Crippen LogP contribution in [0.15, 0.2) is 91.4 Å². The van der Waals surface area contributed by atoms with Crippen molar-refractivity contribution in [3.8, 4) is 0 Å². The molecule has 0 aromatic carbocycles. The van der Waals surface area contributed by atoms with Gasteiger partial charge in [-0.1, -0.05) is 85.9 Å². The lowest BCUT2D eigenvalue weighted by molar-refractivity contribution is -0.122. The summed E-state index contributed by atoms with van der Waals surface area (Å²) in [5.74, 6) is -0.0455. The molecule has 0 aliphatic carbocycles. The Hall–Kier alpha value is -3.47. The molecular weight excluding hydrogens is 446 g/mol. The van der Waals surface area contributed by atoms with Gasteiger partial charge in [-0.25, -0.2) is 0 Å². The van der Waals surface area contributed by atoms with Crippen LogP contribution in [0.3, 0.4) is 0 Å². The first-order chi connectivity index (χ1) is 17.7. The zero-order valence-corrected chi connectivity index (χ0v) is 21.8. The van der Waals surface area contributed by atoms with Gasteiger partial charge in [0, 0.05) is 38.3 Å². The number of hydrogen-bond donors (Lipinski definition) is 2. The van der Waals surface area contributed by atoms with Crippen LogP contribution in [0, 0.1) is 0 Å². The highest BCUT2D eigenvalue weighted by atomic mass is 16.2. The number of nitrogens with zero attached hydrogens (tertiary/aromatic N) is 1. The largest absolute Gasteiger partial charge is 0.354 e. The molecule has 1 aromatic rings. The molecule has 0 spiro atoms. The Morgan fingerprint density at radius 3 is 1.94 bits per heavy atom. The van der Waals surface area contributed by atoms with Crippen LogP contribution in [0.4, 0.5) is 0 Å². The maximum Gasteiger partial charge on any atom is 0.223 e.